The van der Waals surface area contributed by atoms with Crippen molar-refractivity contribution in [3.05, 3.63) is 0 Å². The van der Waals surface area contributed by atoms with Gasteiger partial charge in [-0.25, -0.2) is 0 Å². The molecular formula is C10H23NO3. The van der Waals surface area contributed by atoms with Gasteiger partial charge in [-0.3, -0.25) is 0 Å². The molecule has 0 bridgehead atoms. The van der Waals surface area contributed by atoms with Gasteiger partial charge in [-0.15, -0.1) is 0 Å². The van der Waals surface area contributed by atoms with Gasteiger partial charge in [-0.2, -0.15) is 0 Å². The molecule has 0 saturated carbocycles. The lowest BCUT2D eigenvalue weighted by atomic mass is 10.3. The maximum absolute atomic E-state index is 5.38. The van der Waals surface area contributed by atoms with Gasteiger partial charge in [0.1, 0.15) is 0 Å². The molecule has 0 aromatic rings. The smallest absolute Gasteiger partial charge is 0.0613 e. The number of ether oxygens (including phenoxy) is 3. The molecule has 0 radical (unpaired) electrons. The Morgan fingerprint density at radius 2 is 1.86 bits per heavy atom. The molecule has 4 heteroatoms. The van der Waals surface area contributed by atoms with Crippen LogP contribution in [0.5, 0.6) is 0 Å². The molecular weight excluding hydrogens is 182 g/mol. The molecule has 0 aromatic carbocycles. The molecule has 0 spiro atoms. The summed E-state index contributed by atoms with van der Waals surface area (Å²) in [6.07, 6.45) is 0.962. The fourth-order valence-corrected chi connectivity index (χ4v) is 1.09. The second-order valence-electron chi connectivity index (χ2n) is 3.27. The molecule has 0 aliphatic carbocycles. The Morgan fingerprint density at radius 3 is 2.50 bits per heavy atom. The van der Waals surface area contributed by atoms with E-state index in [1.807, 2.05) is 0 Å². The van der Waals surface area contributed by atoms with E-state index in [4.69, 9.17) is 14.2 Å². The Balaban J connectivity index is 2.98. The van der Waals surface area contributed by atoms with Gasteiger partial charge in [0.05, 0.1) is 13.2 Å². The molecule has 1 unspecified atom stereocenters. The predicted octanol–water partition coefficient (Wildman–Crippen LogP) is 0.664. The second-order valence-corrected chi connectivity index (χ2v) is 3.27. The summed E-state index contributed by atoms with van der Waals surface area (Å²) in [5.41, 5.74) is 0. The van der Waals surface area contributed by atoms with Crippen LogP contribution in [0.3, 0.4) is 0 Å². The number of hydrogen-bond donors (Lipinski definition) is 1. The molecule has 0 rings (SSSR count). The largest absolute Gasteiger partial charge is 0.385 e. The molecule has 0 aliphatic rings. The van der Waals surface area contributed by atoms with Gasteiger partial charge < -0.3 is 19.5 Å². The maximum atomic E-state index is 5.38. The van der Waals surface area contributed by atoms with Crippen LogP contribution >= 0.6 is 0 Å². The Morgan fingerprint density at radius 1 is 1.07 bits per heavy atom. The lowest BCUT2D eigenvalue weighted by Crippen LogP contribution is -2.32. The van der Waals surface area contributed by atoms with Crippen LogP contribution in [-0.4, -0.2) is 53.2 Å². The molecule has 0 saturated heterocycles. The molecule has 0 aromatic heterocycles. The van der Waals surface area contributed by atoms with E-state index >= 15 is 0 Å². The minimum atomic E-state index is 0.391. The van der Waals surface area contributed by atoms with Crippen molar-refractivity contribution < 1.29 is 14.2 Å². The first-order valence-electron chi connectivity index (χ1n) is 5.10. The lowest BCUT2D eigenvalue weighted by molar-refractivity contribution is 0.0998. The molecule has 14 heavy (non-hydrogen) atoms. The van der Waals surface area contributed by atoms with Crippen molar-refractivity contribution in [1.29, 1.82) is 0 Å². The summed E-state index contributed by atoms with van der Waals surface area (Å²) in [7, 11) is 3.41. The van der Waals surface area contributed by atoms with Crippen LogP contribution in [0.2, 0.25) is 0 Å². The standard InChI is InChI=1S/C10H23NO3/c1-10(9-13-3)11-5-8-14-7-4-6-12-2/h10-11H,4-9H2,1-3H3. The van der Waals surface area contributed by atoms with Crippen molar-refractivity contribution in [2.75, 3.05) is 47.2 Å². The van der Waals surface area contributed by atoms with Crippen LogP contribution in [0.1, 0.15) is 13.3 Å². The minimum Gasteiger partial charge on any atom is -0.385 e. The first-order valence-corrected chi connectivity index (χ1v) is 5.10. The Labute approximate surface area is 86.9 Å². The fraction of sp³-hybridized carbons (Fsp3) is 1.00. The molecule has 0 heterocycles. The van der Waals surface area contributed by atoms with E-state index in [2.05, 4.69) is 12.2 Å². The zero-order valence-corrected chi connectivity index (χ0v) is 9.54. The monoisotopic (exact) mass is 205 g/mol. The van der Waals surface area contributed by atoms with Crippen LogP contribution in [0.25, 0.3) is 0 Å². The first-order chi connectivity index (χ1) is 6.81. The summed E-state index contributed by atoms with van der Waals surface area (Å²) in [5, 5.41) is 3.29. The second kappa shape index (κ2) is 10.9. The zero-order chi connectivity index (χ0) is 10.6. The number of methoxy groups -OCH3 is 2. The highest BCUT2D eigenvalue weighted by Crippen LogP contribution is 1.84. The third kappa shape index (κ3) is 9.92. The van der Waals surface area contributed by atoms with E-state index in [1.165, 1.54) is 0 Å². The SMILES string of the molecule is COCCCOCCNC(C)COC. The van der Waals surface area contributed by atoms with Gasteiger partial charge in [0.25, 0.3) is 0 Å². The van der Waals surface area contributed by atoms with Crippen LogP contribution in [0.15, 0.2) is 0 Å². The van der Waals surface area contributed by atoms with Gasteiger partial charge in [-0.05, 0) is 13.3 Å². The van der Waals surface area contributed by atoms with E-state index in [9.17, 15) is 0 Å². The quantitative estimate of drug-likeness (QED) is 0.532. The van der Waals surface area contributed by atoms with E-state index in [-0.39, 0.29) is 0 Å². The summed E-state index contributed by atoms with van der Waals surface area (Å²) in [4.78, 5) is 0. The van der Waals surface area contributed by atoms with E-state index in [0.717, 1.165) is 39.4 Å². The highest BCUT2D eigenvalue weighted by Gasteiger charge is 1.98. The van der Waals surface area contributed by atoms with Gasteiger partial charge in [0.2, 0.25) is 0 Å². The van der Waals surface area contributed by atoms with Gasteiger partial charge in [-0.1, -0.05) is 0 Å². The Kier molecular flexibility index (Phi) is 10.8. The Hall–Kier alpha value is -0.160. The van der Waals surface area contributed by atoms with E-state index < -0.39 is 0 Å². The number of rotatable bonds is 10. The van der Waals surface area contributed by atoms with Crippen molar-refractivity contribution in [2.45, 2.75) is 19.4 Å². The van der Waals surface area contributed by atoms with Crippen molar-refractivity contribution in [1.82, 2.24) is 5.32 Å². The van der Waals surface area contributed by atoms with E-state index in [0.29, 0.717) is 6.04 Å². The molecule has 86 valence electrons. The first kappa shape index (κ1) is 13.8. The third-order valence-electron chi connectivity index (χ3n) is 1.79. The van der Waals surface area contributed by atoms with Crippen LogP contribution < -0.4 is 5.32 Å². The number of nitrogens with one attached hydrogen (secondary N) is 1. The van der Waals surface area contributed by atoms with Crippen LogP contribution in [0.4, 0.5) is 0 Å². The highest BCUT2D eigenvalue weighted by molar-refractivity contribution is 4.57. The topological polar surface area (TPSA) is 39.7 Å². The lowest BCUT2D eigenvalue weighted by Gasteiger charge is -2.12. The summed E-state index contributed by atoms with van der Waals surface area (Å²) >= 11 is 0. The summed E-state index contributed by atoms with van der Waals surface area (Å²) in [6.45, 7) is 6.00. The molecule has 0 aliphatic heterocycles. The van der Waals surface area contributed by atoms with Crippen LogP contribution in [-0.2, 0) is 14.2 Å². The maximum Gasteiger partial charge on any atom is 0.0613 e. The third-order valence-corrected chi connectivity index (χ3v) is 1.79. The van der Waals surface area contributed by atoms with Gasteiger partial charge in [0.15, 0.2) is 0 Å². The Bertz CT molecular complexity index is 112. The van der Waals surface area contributed by atoms with Gasteiger partial charge in [0, 0.05) is 40.0 Å². The molecule has 1 N–H and O–H groups in total. The molecule has 1 atom stereocenters. The van der Waals surface area contributed by atoms with Crippen molar-refractivity contribution in [3.8, 4) is 0 Å². The minimum absolute atomic E-state index is 0.391. The predicted molar refractivity (Wildman–Crippen MR) is 56.7 cm³/mol. The average molecular weight is 205 g/mol. The summed E-state index contributed by atoms with van der Waals surface area (Å²) in [6, 6.07) is 0.391. The van der Waals surface area contributed by atoms with Crippen molar-refractivity contribution in [2.24, 2.45) is 0 Å². The molecule has 0 fully saturated rings. The fourth-order valence-electron chi connectivity index (χ4n) is 1.09. The van der Waals surface area contributed by atoms with Crippen molar-refractivity contribution >= 4 is 0 Å². The van der Waals surface area contributed by atoms with Crippen molar-refractivity contribution in [3.63, 3.8) is 0 Å². The zero-order valence-electron chi connectivity index (χ0n) is 9.54. The number of hydrogen-bond acceptors (Lipinski definition) is 4. The summed E-state index contributed by atoms with van der Waals surface area (Å²) in [5.74, 6) is 0. The van der Waals surface area contributed by atoms with Gasteiger partial charge >= 0.3 is 0 Å². The van der Waals surface area contributed by atoms with Crippen LogP contribution in [0, 0.1) is 0 Å². The molecule has 4 nitrogen and oxygen atoms in total. The van der Waals surface area contributed by atoms with E-state index in [1.54, 1.807) is 14.2 Å². The summed E-state index contributed by atoms with van der Waals surface area (Å²) < 4.78 is 15.3. The average Bonchev–Trinajstić information content (AvgIpc) is 2.17. The molecule has 0 amide bonds. The highest BCUT2D eigenvalue weighted by atomic mass is 16.5. The normalized spacial score (nSPS) is 13.1.